The van der Waals surface area contributed by atoms with Crippen LogP contribution >= 0.6 is 11.6 Å². The number of rotatable bonds is 1. The molecule has 2 aromatic rings. The highest BCUT2D eigenvalue weighted by Crippen LogP contribution is 2.33. The van der Waals surface area contributed by atoms with Crippen molar-refractivity contribution in [1.82, 2.24) is 10.2 Å². The second-order valence-corrected chi connectivity index (χ2v) is 5.30. The quantitative estimate of drug-likeness (QED) is 0.858. The number of benzene rings is 1. The van der Waals surface area contributed by atoms with E-state index in [1.807, 2.05) is 24.5 Å². The van der Waals surface area contributed by atoms with Crippen LogP contribution in [0.5, 0.6) is 0 Å². The molecule has 1 atom stereocenters. The summed E-state index contributed by atoms with van der Waals surface area (Å²) in [4.78, 5) is 2.38. The Morgan fingerprint density at radius 2 is 2.28 bits per heavy atom. The lowest BCUT2D eigenvalue weighted by atomic mass is 10.0. The van der Waals surface area contributed by atoms with Gasteiger partial charge in [0, 0.05) is 35.1 Å². The highest BCUT2D eigenvalue weighted by Gasteiger charge is 2.22. The molecule has 1 unspecified atom stereocenters. The summed E-state index contributed by atoms with van der Waals surface area (Å²) in [5, 5.41) is 5.33. The summed E-state index contributed by atoms with van der Waals surface area (Å²) in [6.45, 7) is 3.14. The van der Waals surface area contributed by atoms with Gasteiger partial charge in [-0.05, 0) is 38.2 Å². The molecule has 0 spiro atoms. The fraction of sp³-hybridized carbons (Fsp3) is 0.429. The minimum atomic E-state index is 0.403. The number of nitrogens with zero attached hydrogens (tertiary/aromatic N) is 1. The Kier molecular flexibility index (Phi) is 3.29. The Bertz CT molecular complexity index is 552. The average Bonchev–Trinajstić information content (AvgIpc) is 2.64. The first-order valence-electron chi connectivity index (χ1n) is 6.33. The topological polar surface area (TPSA) is 28.4 Å². The van der Waals surface area contributed by atoms with Gasteiger partial charge in [0.05, 0.1) is 6.26 Å². The molecule has 0 aliphatic carbocycles. The number of halogens is 1. The molecule has 3 rings (SSSR count). The first-order chi connectivity index (χ1) is 8.75. The van der Waals surface area contributed by atoms with Gasteiger partial charge in [0.25, 0.3) is 0 Å². The number of furan rings is 1. The Morgan fingerprint density at radius 3 is 3.17 bits per heavy atom. The lowest BCUT2D eigenvalue weighted by Gasteiger charge is -2.24. The van der Waals surface area contributed by atoms with E-state index >= 15 is 0 Å². The van der Waals surface area contributed by atoms with Crippen LogP contribution < -0.4 is 5.32 Å². The fourth-order valence-corrected chi connectivity index (χ4v) is 2.84. The largest absolute Gasteiger partial charge is 0.464 e. The van der Waals surface area contributed by atoms with Gasteiger partial charge >= 0.3 is 0 Å². The molecule has 4 heteroatoms. The predicted octanol–water partition coefficient (Wildman–Crippen LogP) is 3.05. The van der Waals surface area contributed by atoms with Crippen molar-refractivity contribution >= 4 is 22.6 Å². The van der Waals surface area contributed by atoms with Crippen molar-refractivity contribution in [3.05, 3.63) is 35.0 Å². The zero-order valence-corrected chi connectivity index (χ0v) is 11.2. The SMILES string of the molecule is CN1CCNCCC1c1coc2ccc(Cl)cc12. The molecular formula is C14H17ClN2O. The van der Waals surface area contributed by atoms with Crippen molar-refractivity contribution in [2.24, 2.45) is 0 Å². The maximum Gasteiger partial charge on any atom is 0.134 e. The van der Waals surface area contributed by atoms with Crippen LogP contribution in [0.4, 0.5) is 0 Å². The molecule has 1 aromatic heterocycles. The minimum Gasteiger partial charge on any atom is -0.464 e. The summed E-state index contributed by atoms with van der Waals surface area (Å²) in [5.74, 6) is 0. The van der Waals surface area contributed by atoms with Crippen LogP contribution in [0.2, 0.25) is 5.02 Å². The van der Waals surface area contributed by atoms with Crippen LogP contribution in [0.25, 0.3) is 11.0 Å². The summed E-state index contributed by atoms with van der Waals surface area (Å²) in [7, 11) is 2.17. The van der Waals surface area contributed by atoms with Gasteiger partial charge in [-0.1, -0.05) is 11.6 Å². The number of hydrogen-bond donors (Lipinski definition) is 1. The molecule has 0 radical (unpaired) electrons. The van der Waals surface area contributed by atoms with Crippen LogP contribution in [0.3, 0.4) is 0 Å². The molecule has 1 aliphatic heterocycles. The van der Waals surface area contributed by atoms with Crippen molar-refractivity contribution in [3.8, 4) is 0 Å². The van der Waals surface area contributed by atoms with Crippen molar-refractivity contribution in [3.63, 3.8) is 0 Å². The van der Waals surface area contributed by atoms with Crippen LogP contribution in [-0.4, -0.2) is 31.6 Å². The Labute approximate surface area is 112 Å². The summed E-state index contributed by atoms with van der Waals surface area (Å²) < 4.78 is 5.64. The van der Waals surface area contributed by atoms with E-state index in [2.05, 4.69) is 17.3 Å². The van der Waals surface area contributed by atoms with Gasteiger partial charge in [-0.25, -0.2) is 0 Å². The van der Waals surface area contributed by atoms with Gasteiger partial charge in [0.2, 0.25) is 0 Å². The van der Waals surface area contributed by atoms with Gasteiger partial charge in [-0.2, -0.15) is 0 Å². The molecule has 1 saturated heterocycles. The second-order valence-electron chi connectivity index (χ2n) is 4.87. The Balaban J connectivity index is 2.04. The van der Waals surface area contributed by atoms with E-state index < -0.39 is 0 Å². The molecule has 0 saturated carbocycles. The van der Waals surface area contributed by atoms with Crippen LogP contribution in [-0.2, 0) is 0 Å². The molecule has 0 amide bonds. The third kappa shape index (κ3) is 2.14. The molecule has 1 aliphatic rings. The molecule has 3 nitrogen and oxygen atoms in total. The van der Waals surface area contributed by atoms with Crippen molar-refractivity contribution in [1.29, 1.82) is 0 Å². The number of fused-ring (bicyclic) bond motifs is 1. The Hall–Kier alpha value is -1.03. The zero-order valence-electron chi connectivity index (χ0n) is 10.4. The van der Waals surface area contributed by atoms with Crippen LogP contribution in [0, 0.1) is 0 Å². The average molecular weight is 265 g/mol. The molecule has 2 heterocycles. The first-order valence-corrected chi connectivity index (χ1v) is 6.71. The summed E-state index contributed by atoms with van der Waals surface area (Å²) in [6.07, 6.45) is 2.98. The van der Waals surface area contributed by atoms with Gasteiger partial charge < -0.3 is 9.73 Å². The highest BCUT2D eigenvalue weighted by molar-refractivity contribution is 6.31. The molecule has 18 heavy (non-hydrogen) atoms. The molecular weight excluding hydrogens is 248 g/mol. The minimum absolute atomic E-state index is 0.403. The number of likely N-dealkylation sites (N-methyl/N-ethyl adjacent to an activating group) is 1. The summed E-state index contributed by atoms with van der Waals surface area (Å²) >= 11 is 6.09. The summed E-state index contributed by atoms with van der Waals surface area (Å²) in [5.41, 5.74) is 2.17. The van der Waals surface area contributed by atoms with E-state index in [9.17, 15) is 0 Å². The lowest BCUT2D eigenvalue weighted by molar-refractivity contribution is 0.258. The molecule has 96 valence electrons. The van der Waals surface area contributed by atoms with E-state index in [4.69, 9.17) is 16.0 Å². The smallest absolute Gasteiger partial charge is 0.134 e. The van der Waals surface area contributed by atoms with E-state index in [0.29, 0.717) is 6.04 Å². The normalized spacial score (nSPS) is 22.2. The standard InChI is InChI=1S/C14H17ClN2O/c1-17-7-6-16-5-4-13(17)12-9-18-14-3-2-10(15)8-11(12)14/h2-3,8-9,13,16H,4-7H2,1H3. The van der Waals surface area contributed by atoms with Crippen molar-refractivity contribution in [2.75, 3.05) is 26.7 Å². The van der Waals surface area contributed by atoms with E-state index in [-0.39, 0.29) is 0 Å². The van der Waals surface area contributed by atoms with Crippen molar-refractivity contribution < 1.29 is 4.42 Å². The molecule has 0 bridgehead atoms. The first kappa shape index (κ1) is 12.0. The van der Waals surface area contributed by atoms with Gasteiger partial charge in [-0.3, -0.25) is 4.90 Å². The van der Waals surface area contributed by atoms with Crippen LogP contribution in [0.1, 0.15) is 18.0 Å². The van der Waals surface area contributed by atoms with E-state index in [1.54, 1.807) is 0 Å². The molecule has 1 fully saturated rings. The fourth-order valence-electron chi connectivity index (χ4n) is 2.67. The lowest BCUT2D eigenvalue weighted by Crippen LogP contribution is -2.26. The maximum absolute atomic E-state index is 6.09. The van der Waals surface area contributed by atoms with Gasteiger partial charge in [0.15, 0.2) is 0 Å². The van der Waals surface area contributed by atoms with Gasteiger partial charge in [-0.15, -0.1) is 0 Å². The third-order valence-electron chi connectivity index (χ3n) is 3.69. The second kappa shape index (κ2) is 4.92. The van der Waals surface area contributed by atoms with Gasteiger partial charge in [0.1, 0.15) is 5.58 Å². The Morgan fingerprint density at radius 1 is 1.39 bits per heavy atom. The van der Waals surface area contributed by atoms with E-state index in [1.165, 1.54) is 5.56 Å². The zero-order chi connectivity index (χ0) is 12.5. The molecule has 1 aromatic carbocycles. The maximum atomic E-state index is 6.09. The summed E-state index contributed by atoms with van der Waals surface area (Å²) in [6, 6.07) is 6.22. The van der Waals surface area contributed by atoms with Crippen LogP contribution in [0.15, 0.2) is 28.9 Å². The predicted molar refractivity (Wildman–Crippen MR) is 74.1 cm³/mol. The highest BCUT2D eigenvalue weighted by atomic mass is 35.5. The number of hydrogen-bond acceptors (Lipinski definition) is 3. The van der Waals surface area contributed by atoms with Crippen molar-refractivity contribution in [2.45, 2.75) is 12.5 Å². The molecule has 1 N–H and O–H groups in total. The number of nitrogens with one attached hydrogen (secondary N) is 1. The monoisotopic (exact) mass is 264 g/mol. The van der Waals surface area contributed by atoms with E-state index in [0.717, 1.165) is 42.0 Å². The third-order valence-corrected chi connectivity index (χ3v) is 3.93.